The van der Waals surface area contributed by atoms with Crippen molar-refractivity contribution in [2.75, 3.05) is 23.1 Å². The molecular formula is C29H28N6O3S. The number of nitrogens with one attached hydrogen (secondary N) is 3. The Morgan fingerprint density at radius 3 is 2.44 bits per heavy atom. The van der Waals surface area contributed by atoms with E-state index in [1.807, 2.05) is 61.5 Å². The highest BCUT2D eigenvalue weighted by molar-refractivity contribution is 7.98. The van der Waals surface area contributed by atoms with Crippen LogP contribution >= 0.6 is 11.8 Å². The van der Waals surface area contributed by atoms with Crippen LogP contribution in [0.5, 0.6) is 5.75 Å². The van der Waals surface area contributed by atoms with Crippen LogP contribution in [-0.4, -0.2) is 33.7 Å². The molecule has 39 heavy (non-hydrogen) atoms. The summed E-state index contributed by atoms with van der Waals surface area (Å²) >= 11 is 1.53. The van der Waals surface area contributed by atoms with E-state index in [0.717, 1.165) is 5.56 Å². The van der Waals surface area contributed by atoms with Gasteiger partial charge < -0.3 is 20.7 Å². The predicted octanol–water partition coefficient (Wildman–Crippen LogP) is 5.47. The topological polar surface area (TPSA) is 110 Å². The molecule has 1 atom stereocenters. The molecule has 3 aromatic carbocycles. The Morgan fingerprint density at radius 1 is 1.00 bits per heavy atom. The first-order valence-electron chi connectivity index (χ1n) is 12.4. The van der Waals surface area contributed by atoms with Gasteiger partial charge in [-0.25, -0.2) is 4.68 Å². The number of benzene rings is 3. The third-order valence-corrected chi connectivity index (χ3v) is 7.10. The van der Waals surface area contributed by atoms with Gasteiger partial charge in [-0.3, -0.25) is 9.59 Å². The van der Waals surface area contributed by atoms with Crippen molar-refractivity contribution in [2.24, 2.45) is 0 Å². The van der Waals surface area contributed by atoms with Gasteiger partial charge in [-0.2, -0.15) is 4.98 Å². The van der Waals surface area contributed by atoms with Gasteiger partial charge in [-0.05, 0) is 42.3 Å². The van der Waals surface area contributed by atoms with Gasteiger partial charge in [0, 0.05) is 24.1 Å². The molecule has 3 N–H and O–H groups in total. The second kappa shape index (κ2) is 11.4. The van der Waals surface area contributed by atoms with E-state index in [0.29, 0.717) is 45.3 Å². The van der Waals surface area contributed by atoms with Gasteiger partial charge in [0.25, 0.3) is 5.91 Å². The van der Waals surface area contributed by atoms with Crippen LogP contribution < -0.4 is 20.7 Å². The molecule has 9 nitrogen and oxygen atoms in total. The second-order valence-electron chi connectivity index (χ2n) is 8.96. The lowest BCUT2D eigenvalue weighted by atomic mass is 9.94. The van der Waals surface area contributed by atoms with Crippen LogP contribution in [0.3, 0.4) is 0 Å². The molecule has 1 aliphatic rings. The molecule has 4 aromatic rings. The van der Waals surface area contributed by atoms with Crippen LogP contribution in [0.4, 0.5) is 17.3 Å². The van der Waals surface area contributed by atoms with Crippen LogP contribution in [0.2, 0.25) is 0 Å². The molecule has 0 saturated heterocycles. The summed E-state index contributed by atoms with van der Waals surface area (Å²) in [7, 11) is 1.56. The fraction of sp³-hybridized carbons (Fsp3) is 0.172. The van der Waals surface area contributed by atoms with Crippen LogP contribution in [0.15, 0.2) is 95.3 Å². The lowest BCUT2D eigenvalue weighted by molar-refractivity contribution is -0.114. The highest BCUT2D eigenvalue weighted by Crippen LogP contribution is 2.38. The van der Waals surface area contributed by atoms with E-state index < -0.39 is 6.04 Å². The van der Waals surface area contributed by atoms with Gasteiger partial charge in [0.05, 0.1) is 18.4 Å². The van der Waals surface area contributed by atoms with Crippen LogP contribution in [-0.2, 0) is 15.3 Å². The number of anilines is 3. The zero-order valence-corrected chi connectivity index (χ0v) is 22.6. The SMILES string of the molecule is COc1ccccc1NC(=O)C1=C(C)Nc2nc(SCc3ccccc3)nn2[C@@H]1c1ccc(NC(C)=O)cc1. The van der Waals surface area contributed by atoms with Crippen molar-refractivity contribution >= 4 is 40.9 Å². The highest BCUT2D eigenvalue weighted by atomic mass is 32.2. The number of hydrogen-bond acceptors (Lipinski definition) is 7. The molecule has 198 valence electrons. The van der Waals surface area contributed by atoms with E-state index in [-0.39, 0.29) is 11.8 Å². The Hall–Kier alpha value is -4.57. The third-order valence-electron chi connectivity index (χ3n) is 6.19. The maximum atomic E-state index is 13.8. The van der Waals surface area contributed by atoms with Crippen molar-refractivity contribution in [3.63, 3.8) is 0 Å². The Balaban J connectivity index is 1.50. The molecule has 0 unspecified atom stereocenters. The average Bonchev–Trinajstić information content (AvgIpc) is 3.34. The minimum atomic E-state index is -0.555. The predicted molar refractivity (Wildman–Crippen MR) is 153 cm³/mol. The first kappa shape index (κ1) is 26.1. The molecular weight excluding hydrogens is 512 g/mol. The van der Waals surface area contributed by atoms with E-state index in [4.69, 9.17) is 14.8 Å². The maximum absolute atomic E-state index is 13.8. The zero-order valence-electron chi connectivity index (χ0n) is 21.8. The molecule has 10 heteroatoms. The minimum absolute atomic E-state index is 0.157. The van der Waals surface area contributed by atoms with Crippen molar-refractivity contribution in [2.45, 2.75) is 30.8 Å². The van der Waals surface area contributed by atoms with E-state index >= 15 is 0 Å². The normalized spacial score (nSPS) is 14.3. The number of fused-ring (bicyclic) bond motifs is 1. The van der Waals surface area contributed by atoms with Crippen LogP contribution in [0.1, 0.15) is 31.0 Å². The van der Waals surface area contributed by atoms with Crippen LogP contribution in [0, 0.1) is 0 Å². The standard InChI is InChI=1S/C29H28N6O3S/c1-18-25(27(37)32-23-11-7-8-12-24(23)38-3)26(21-13-15-22(16-14-21)31-19(2)36)35-28(30-18)33-29(34-35)39-17-20-9-5-4-6-10-20/h4-16,26H,17H2,1-3H3,(H,31,36)(H,32,37)(H,30,33,34)/t26-/m1/s1. The number of hydrogen-bond donors (Lipinski definition) is 3. The Morgan fingerprint density at radius 2 is 1.72 bits per heavy atom. The Labute approximate surface area is 230 Å². The Kier molecular flexibility index (Phi) is 7.64. The lowest BCUT2D eigenvalue weighted by Crippen LogP contribution is -2.31. The molecule has 0 fully saturated rings. The van der Waals surface area contributed by atoms with E-state index in [1.165, 1.54) is 24.2 Å². The number of allylic oxidation sites excluding steroid dienone is 1. The number of methoxy groups -OCH3 is 1. The second-order valence-corrected chi connectivity index (χ2v) is 9.90. The summed E-state index contributed by atoms with van der Waals surface area (Å²) < 4.78 is 7.17. The summed E-state index contributed by atoms with van der Waals surface area (Å²) in [6.07, 6.45) is 0. The monoisotopic (exact) mass is 540 g/mol. The van der Waals surface area contributed by atoms with Crippen molar-refractivity contribution in [3.05, 3.63) is 101 Å². The number of carbonyl (C=O) groups is 2. The first-order valence-corrected chi connectivity index (χ1v) is 13.3. The number of nitrogens with zero attached hydrogens (tertiary/aromatic N) is 3. The van der Waals surface area contributed by atoms with Crippen molar-refractivity contribution in [1.82, 2.24) is 14.8 Å². The number of aromatic nitrogens is 3. The molecule has 0 spiro atoms. The van der Waals surface area contributed by atoms with Gasteiger partial charge in [0.15, 0.2) is 0 Å². The summed E-state index contributed by atoms with van der Waals surface area (Å²) in [6.45, 7) is 3.31. The van der Waals surface area contributed by atoms with Crippen LogP contribution in [0.25, 0.3) is 0 Å². The number of rotatable bonds is 8. The number of thioether (sulfide) groups is 1. The smallest absolute Gasteiger partial charge is 0.255 e. The van der Waals surface area contributed by atoms with Gasteiger partial charge in [0.2, 0.25) is 17.0 Å². The molecule has 5 rings (SSSR count). The third kappa shape index (κ3) is 5.80. The van der Waals surface area contributed by atoms with E-state index in [9.17, 15) is 9.59 Å². The molecule has 0 aliphatic carbocycles. The van der Waals surface area contributed by atoms with Crippen molar-refractivity contribution in [3.8, 4) is 5.75 Å². The average molecular weight is 541 g/mol. The van der Waals surface area contributed by atoms with Gasteiger partial charge in [0.1, 0.15) is 11.8 Å². The quantitative estimate of drug-likeness (QED) is 0.254. The van der Waals surface area contributed by atoms with Gasteiger partial charge >= 0.3 is 0 Å². The maximum Gasteiger partial charge on any atom is 0.255 e. The fourth-order valence-corrected chi connectivity index (χ4v) is 5.19. The fourth-order valence-electron chi connectivity index (χ4n) is 4.41. The van der Waals surface area contributed by atoms with E-state index in [1.54, 1.807) is 23.9 Å². The highest BCUT2D eigenvalue weighted by Gasteiger charge is 2.34. The van der Waals surface area contributed by atoms with Crippen molar-refractivity contribution in [1.29, 1.82) is 0 Å². The van der Waals surface area contributed by atoms with Gasteiger partial charge in [-0.1, -0.05) is 66.4 Å². The number of para-hydroxylation sites is 2. The van der Waals surface area contributed by atoms with E-state index in [2.05, 4.69) is 28.1 Å². The molecule has 1 aromatic heterocycles. The zero-order chi connectivity index (χ0) is 27.4. The number of ether oxygens (including phenoxy) is 1. The number of amides is 2. The number of carbonyl (C=O) groups excluding carboxylic acids is 2. The molecule has 2 heterocycles. The summed E-state index contributed by atoms with van der Waals surface area (Å²) in [6, 6.07) is 24.2. The molecule has 0 radical (unpaired) electrons. The molecule has 2 amide bonds. The largest absolute Gasteiger partial charge is 0.495 e. The minimum Gasteiger partial charge on any atom is -0.495 e. The summed E-state index contributed by atoms with van der Waals surface area (Å²) in [5, 5.41) is 14.4. The first-order chi connectivity index (χ1) is 18.9. The Bertz CT molecular complexity index is 1530. The summed E-state index contributed by atoms with van der Waals surface area (Å²) in [5.41, 5.74) is 4.37. The van der Waals surface area contributed by atoms with Gasteiger partial charge in [-0.15, -0.1) is 5.10 Å². The summed E-state index contributed by atoms with van der Waals surface area (Å²) in [5.74, 6) is 1.38. The molecule has 0 bridgehead atoms. The molecule has 1 aliphatic heterocycles. The van der Waals surface area contributed by atoms with Crippen molar-refractivity contribution < 1.29 is 14.3 Å². The lowest BCUT2D eigenvalue weighted by Gasteiger charge is -2.29. The summed E-state index contributed by atoms with van der Waals surface area (Å²) in [4.78, 5) is 30.0. The molecule has 0 saturated carbocycles.